The summed E-state index contributed by atoms with van der Waals surface area (Å²) in [6, 6.07) is 0. The molecular formula is C17H29F2O9P. The highest BCUT2D eigenvalue weighted by atomic mass is 31.2. The first-order valence-electron chi connectivity index (χ1n) is 9.55. The summed E-state index contributed by atoms with van der Waals surface area (Å²) in [5, 5.41) is 11.5. The Bertz CT molecular complexity index is 663. The Balaban J connectivity index is 2.06. The summed E-state index contributed by atoms with van der Waals surface area (Å²) in [6.07, 6.45) is -5.79. The van der Waals surface area contributed by atoms with Gasteiger partial charge < -0.3 is 37.8 Å². The van der Waals surface area contributed by atoms with Gasteiger partial charge in [-0.15, -0.1) is 0 Å². The third kappa shape index (κ3) is 3.68. The van der Waals surface area contributed by atoms with Crippen molar-refractivity contribution in [1.29, 1.82) is 0 Å². The third-order valence-corrected chi connectivity index (χ3v) is 7.24. The van der Waals surface area contributed by atoms with Crippen molar-refractivity contribution in [3.05, 3.63) is 0 Å². The van der Waals surface area contributed by atoms with Gasteiger partial charge in [0.15, 0.2) is 17.9 Å². The standard InChI is InChI=1S/C17H29F2O9P/c1-7-23-29(21,24-8-2)17(18,19)16(20)11(10-9-22-14(3,4)26-10)25-13-12(16)27-15(5,6)28-13/h10-13,20H,7-9H2,1-6H3/t10-,11-,12+,13-,16-/m1/s1. The van der Waals surface area contributed by atoms with Gasteiger partial charge in [-0.05, 0) is 41.5 Å². The molecule has 3 fully saturated rings. The van der Waals surface area contributed by atoms with Gasteiger partial charge in [-0.1, -0.05) is 0 Å². The van der Waals surface area contributed by atoms with Crippen molar-refractivity contribution in [2.24, 2.45) is 0 Å². The Morgan fingerprint density at radius 3 is 2.10 bits per heavy atom. The predicted molar refractivity (Wildman–Crippen MR) is 94.4 cm³/mol. The van der Waals surface area contributed by atoms with Crippen molar-refractivity contribution < 1.29 is 51.2 Å². The highest BCUT2D eigenvalue weighted by Gasteiger charge is 2.81. The van der Waals surface area contributed by atoms with Gasteiger partial charge in [0.05, 0.1) is 19.8 Å². The molecule has 0 bridgehead atoms. The van der Waals surface area contributed by atoms with Crippen molar-refractivity contribution in [2.45, 2.75) is 89.0 Å². The molecule has 0 radical (unpaired) electrons. The molecule has 170 valence electrons. The van der Waals surface area contributed by atoms with Crippen LogP contribution in [0, 0.1) is 0 Å². The summed E-state index contributed by atoms with van der Waals surface area (Å²) >= 11 is 0. The van der Waals surface area contributed by atoms with Crippen LogP contribution in [0.15, 0.2) is 0 Å². The van der Waals surface area contributed by atoms with Crippen LogP contribution in [0.25, 0.3) is 0 Å². The quantitative estimate of drug-likeness (QED) is 0.591. The topological polar surface area (TPSA) is 102 Å². The summed E-state index contributed by atoms with van der Waals surface area (Å²) < 4.78 is 82.3. The Morgan fingerprint density at radius 2 is 1.62 bits per heavy atom. The fourth-order valence-corrected chi connectivity index (χ4v) is 5.65. The molecule has 5 atom stereocenters. The van der Waals surface area contributed by atoms with Crippen molar-refractivity contribution in [2.75, 3.05) is 19.8 Å². The Labute approximate surface area is 168 Å². The van der Waals surface area contributed by atoms with Gasteiger partial charge >= 0.3 is 13.3 Å². The highest BCUT2D eigenvalue weighted by molar-refractivity contribution is 7.55. The van der Waals surface area contributed by atoms with E-state index in [1.165, 1.54) is 27.7 Å². The molecule has 0 aliphatic carbocycles. The van der Waals surface area contributed by atoms with Crippen molar-refractivity contribution in [3.8, 4) is 0 Å². The summed E-state index contributed by atoms with van der Waals surface area (Å²) in [5.74, 6) is -2.38. The van der Waals surface area contributed by atoms with E-state index in [0.29, 0.717) is 0 Å². The van der Waals surface area contributed by atoms with E-state index in [1.807, 2.05) is 0 Å². The molecule has 0 aromatic heterocycles. The van der Waals surface area contributed by atoms with Crippen LogP contribution in [0.3, 0.4) is 0 Å². The summed E-state index contributed by atoms with van der Waals surface area (Å²) in [6.45, 7) is 8.20. The van der Waals surface area contributed by atoms with Crippen LogP contribution in [0.4, 0.5) is 8.78 Å². The minimum atomic E-state index is -5.13. The van der Waals surface area contributed by atoms with E-state index in [-0.39, 0.29) is 19.8 Å². The van der Waals surface area contributed by atoms with Crippen LogP contribution in [-0.4, -0.2) is 72.4 Å². The molecule has 3 aliphatic rings. The maximum absolute atomic E-state index is 15.8. The molecule has 3 aliphatic heterocycles. The van der Waals surface area contributed by atoms with Gasteiger partial charge in [0, 0.05) is 0 Å². The van der Waals surface area contributed by atoms with Gasteiger partial charge in [0.2, 0.25) is 5.60 Å². The van der Waals surface area contributed by atoms with E-state index in [2.05, 4.69) is 0 Å². The monoisotopic (exact) mass is 446 g/mol. The Hall–Kier alpha value is -0.230. The van der Waals surface area contributed by atoms with Gasteiger partial charge in [0.25, 0.3) is 0 Å². The van der Waals surface area contributed by atoms with Crippen LogP contribution >= 0.6 is 7.60 Å². The first-order chi connectivity index (χ1) is 13.2. The number of aliphatic hydroxyl groups is 1. The zero-order chi connectivity index (χ0) is 21.9. The maximum Gasteiger partial charge on any atom is 0.402 e. The zero-order valence-electron chi connectivity index (χ0n) is 17.3. The smallest absolute Gasteiger partial charge is 0.378 e. The van der Waals surface area contributed by atoms with Crippen LogP contribution in [0.2, 0.25) is 0 Å². The zero-order valence-corrected chi connectivity index (χ0v) is 18.2. The van der Waals surface area contributed by atoms with Gasteiger partial charge in [-0.3, -0.25) is 4.57 Å². The molecule has 12 heteroatoms. The number of alkyl halides is 2. The normalized spacial score (nSPS) is 39.1. The lowest BCUT2D eigenvalue weighted by Crippen LogP contribution is -2.64. The molecule has 0 spiro atoms. The van der Waals surface area contributed by atoms with Crippen LogP contribution < -0.4 is 0 Å². The number of hydrogen-bond donors (Lipinski definition) is 1. The number of hydrogen-bond acceptors (Lipinski definition) is 9. The molecule has 3 rings (SSSR count). The molecule has 0 aromatic carbocycles. The number of halogens is 2. The van der Waals surface area contributed by atoms with E-state index < -0.39 is 55.0 Å². The van der Waals surface area contributed by atoms with E-state index in [4.69, 9.17) is 32.7 Å². The lowest BCUT2D eigenvalue weighted by atomic mass is 9.89. The minimum Gasteiger partial charge on any atom is -0.378 e. The predicted octanol–water partition coefficient (Wildman–Crippen LogP) is 2.60. The first kappa shape index (κ1) is 23.4. The molecule has 29 heavy (non-hydrogen) atoms. The van der Waals surface area contributed by atoms with Gasteiger partial charge in [0.1, 0.15) is 18.3 Å². The number of rotatable bonds is 7. The molecular weight excluding hydrogens is 417 g/mol. The van der Waals surface area contributed by atoms with Crippen molar-refractivity contribution >= 4 is 7.60 Å². The second-order valence-corrected chi connectivity index (χ2v) is 10.1. The van der Waals surface area contributed by atoms with Gasteiger partial charge in [-0.25, -0.2) is 0 Å². The van der Waals surface area contributed by atoms with E-state index in [9.17, 15) is 9.67 Å². The summed E-state index contributed by atoms with van der Waals surface area (Å²) in [4.78, 5) is 0. The molecule has 3 saturated heterocycles. The third-order valence-electron chi connectivity index (χ3n) is 5.00. The second kappa shape index (κ2) is 7.43. The molecule has 0 aromatic rings. The first-order valence-corrected chi connectivity index (χ1v) is 11.1. The van der Waals surface area contributed by atoms with Crippen molar-refractivity contribution in [1.82, 2.24) is 0 Å². The Morgan fingerprint density at radius 1 is 1.03 bits per heavy atom. The average Bonchev–Trinajstić information content (AvgIpc) is 3.18. The maximum atomic E-state index is 15.8. The minimum absolute atomic E-state index is 0.132. The SMILES string of the molecule is CCOP(=O)(OCC)C(F)(F)[C@@]1(O)[C@@H]([C@H]2COC(C)(C)O2)O[C@@H]2OC(C)(C)O[C@@H]21. The lowest BCUT2D eigenvalue weighted by Gasteiger charge is -2.42. The molecule has 1 N–H and O–H groups in total. The summed E-state index contributed by atoms with van der Waals surface area (Å²) in [5.41, 5.74) is -7.55. The Kier molecular flexibility index (Phi) is 6.00. The molecule has 0 amide bonds. The van der Waals surface area contributed by atoms with Crippen LogP contribution in [0.1, 0.15) is 41.5 Å². The number of ether oxygens (including phenoxy) is 5. The number of fused-ring (bicyclic) bond motifs is 1. The van der Waals surface area contributed by atoms with Crippen molar-refractivity contribution in [3.63, 3.8) is 0 Å². The van der Waals surface area contributed by atoms with Crippen LogP contribution in [-0.2, 0) is 37.3 Å². The van der Waals surface area contributed by atoms with E-state index in [0.717, 1.165) is 0 Å². The second-order valence-electron chi connectivity index (χ2n) is 8.05. The van der Waals surface area contributed by atoms with Crippen LogP contribution in [0.5, 0.6) is 0 Å². The van der Waals surface area contributed by atoms with E-state index in [1.54, 1.807) is 13.8 Å². The average molecular weight is 446 g/mol. The molecule has 3 heterocycles. The van der Waals surface area contributed by atoms with E-state index >= 15 is 8.78 Å². The largest absolute Gasteiger partial charge is 0.402 e. The molecule has 9 nitrogen and oxygen atoms in total. The fraction of sp³-hybridized carbons (Fsp3) is 1.00. The fourth-order valence-electron chi connectivity index (χ4n) is 3.87. The lowest BCUT2D eigenvalue weighted by molar-refractivity contribution is -0.275. The highest BCUT2D eigenvalue weighted by Crippen LogP contribution is 2.69. The molecule has 0 unspecified atom stereocenters. The molecule has 0 saturated carbocycles. The summed E-state index contributed by atoms with van der Waals surface area (Å²) in [7, 11) is -5.13. The van der Waals surface area contributed by atoms with Gasteiger partial charge in [-0.2, -0.15) is 8.78 Å².